The van der Waals surface area contributed by atoms with E-state index < -0.39 is 11.9 Å². The predicted molar refractivity (Wildman–Crippen MR) is 69.2 cm³/mol. The number of rotatable bonds is 3. The van der Waals surface area contributed by atoms with Gasteiger partial charge in [0, 0.05) is 12.7 Å². The highest BCUT2D eigenvalue weighted by molar-refractivity contribution is 6.01. The molecule has 18 heavy (non-hydrogen) atoms. The number of hydrogen-bond donors (Lipinski definition) is 1. The number of nitrogens with zero attached hydrogens (tertiary/aromatic N) is 2. The Morgan fingerprint density at radius 2 is 2.11 bits per heavy atom. The van der Waals surface area contributed by atoms with E-state index in [-0.39, 0.29) is 5.91 Å². The molecule has 1 heterocycles. The van der Waals surface area contributed by atoms with Gasteiger partial charge >= 0.3 is 0 Å². The number of fused-ring (bicyclic) bond motifs is 1. The largest absolute Gasteiger partial charge is 0.368 e. The van der Waals surface area contributed by atoms with E-state index in [1.807, 2.05) is 18.2 Å². The van der Waals surface area contributed by atoms with Crippen LogP contribution in [0.4, 0.5) is 5.69 Å². The fourth-order valence-corrected chi connectivity index (χ4v) is 2.38. The molecule has 1 atom stereocenters. The standard InChI is InChI=1S/C13H17N3O2/c1-15(2)12(13(14)18)8-4-5-10-9(6-8)7-11(17)16(10)3/h4-6,12H,7H2,1-3H3,(H2,14,18). The summed E-state index contributed by atoms with van der Waals surface area (Å²) in [5.41, 5.74) is 8.10. The van der Waals surface area contributed by atoms with Crippen molar-refractivity contribution < 1.29 is 9.59 Å². The number of carbonyl (C=O) groups excluding carboxylic acids is 2. The number of hydrogen-bond acceptors (Lipinski definition) is 3. The lowest BCUT2D eigenvalue weighted by Crippen LogP contribution is -2.32. The lowest BCUT2D eigenvalue weighted by molar-refractivity contribution is -0.122. The summed E-state index contributed by atoms with van der Waals surface area (Å²) in [6, 6.07) is 5.15. The van der Waals surface area contributed by atoms with Crippen LogP contribution in [0.2, 0.25) is 0 Å². The molecular formula is C13H17N3O2. The Labute approximate surface area is 106 Å². The van der Waals surface area contributed by atoms with Crippen LogP contribution in [-0.2, 0) is 16.0 Å². The average molecular weight is 247 g/mol. The molecule has 0 aromatic heterocycles. The molecule has 0 fully saturated rings. The molecule has 0 aliphatic carbocycles. The number of nitrogens with two attached hydrogens (primary N) is 1. The average Bonchev–Trinajstić information content (AvgIpc) is 2.53. The van der Waals surface area contributed by atoms with E-state index in [2.05, 4.69) is 0 Å². The molecule has 0 radical (unpaired) electrons. The Morgan fingerprint density at radius 1 is 1.44 bits per heavy atom. The summed E-state index contributed by atoms with van der Waals surface area (Å²) in [6.07, 6.45) is 0.387. The van der Waals surface area contributed by atoms with Crippen LogP contribution < -0.4 is 10.6 Å². The first-order chi connectivity index (χ1) is 8.41. The van der Waals surface area contributed by atoms with Crippen LogP contribution in [0.5, 0.6) is 0 Å². The molecule has 5 heteroatoms. The normalized spacial score (nSPS) is 16.0. The van der Waals surface area contributed by atoms with Gasteiger partial charge in [0.2, 0.25) is 11.8 Å². The van der Waals surface area contributed by atoms with Gasteiger partial charge < -0.3 is 10.6 Å². The number of primary amides is 1. The van der Waals surface area contributed by atoms with Gasteiger partial charge in [0.25, 0.3) is 0 Å². The molecule has 2 N–H and O–H groups in total. The summed E-state index contributed by atoms with van der Waals surface area (Å²) in [5, 5.41) is 0. The number of likely N-dealkylation sites (N-methyl/N-ethyl adjacent to an activating group) is 2. The lowest BCUT2D eigenvalue weighted by atomic mass is 10.0. The second-order valence-electron chi connectivity index (χ2n) is 4.79. The van der Waals surface area contributed by atoms with Gasteiger partial charge in [-0.2, -0.15) is 0 Å². The Balaban J connectivity index is 2.41. The summed E-state index contributed by atoms with van der Waals surface area (Å²) in [6.45, 7) is 0. The zero-order valence-electron chi connectivity index (χ0n) is 10.8. The van der Waals surface area contributed by atoms with Crippen molar-refractivity contribution in [3.05, 3.63) is 29.3 Å². The van der Waals surface area contributed by atoms with Crippen molar-refractivity contribution in [2.24, 2.45) is 5.73 Å². The monoisotopic (exact) mass is 247 g/mol. The summed E-state index contributed by atoms with van der Waals surface area (Å²) in [7, 11) is 5.37. The molecule has 96 valence electrons. The number of amides is 2. The van der Waals surface area contributed by atoms with Crippen LogP contribution in [0.25, 0.3) is 0 Å². The smallest absolute Gasteiger partial charge is 0.239 e. The van der Waals surface area contributed by atoms with Gasteiger partial charge in [-0.15, -0.1) is 0 Å². The quantitative estimate of drug-likeness (QED) is 0.835. The van der Waals surface area contributed by atoms with E-state index >= 15 is 0 Å². The Hall–Kier alpha value is -1.88. The van der Waals surface area contributed by atoms with Crippen LogP contribution in [0.15, 0.2) is 18.2 Å². The van der Waals surface area contributed by atoms with E-state index in [0.29, 0.717) is 6.42 Å². The van der Waals surface area contributed by atoms with Crippen molar-refractivity contribution in [2.75, 3.05) is 26.0 Å². The predicted octanol–water partition coefficient (Wildman–Crippen LogP) is 0.294. The van der Waals surface area contributed by atoms with Crippen molar-refractivity contribution in [1.82, 2.24) is 4.90 Å². The first-order valence-electron chi connectivity index (χ1n) is 5.77. The Kier molecular flexibility index (Phi) is 3.09. The molecule has 1 aromatic rings. The first-order valence-corrected chi connectivity index (χ1v) is 5.77. The molecule has 1 aliphatic rings. The molecular weight excluding hydrogens is 230 g/mol. The topological polar surface area (TPSA) is 66.6 Å². The van der Waals surface area contributed by atoms with Crippen molar-refractivity contribution >= 4 is 17.5 Å². The molecule has 0 saturated carbocycles. The van der Waals surface area contributed by atoms with E-state index in [1.165, 1.54) is 0 Å². The van der Waals surface area contributed by atoms with Crippen LogP contribution in [0.3, 0.4) is 0 Å². The maximum absolute atomic E-state index is 11.6. The molecule has 0 bridgehead atoms. The minimum Gasteiger partial charge on any atom is -0.368 e. The number of benzene rings is 1. The molecule has 2 amide bonds. The van der Waals surface area contributed by atoms with Crippen molar-refractivity contribution in [1.29, 1.82) is 0 Å². The maximum atomic E-state index is 11.6. The second kappa shape index (κ2) is 4.42. The van der Waals surface area contributed by atoms with E-state index in [4.69, 9.17) is 5.73 Å². The van der Waals surface area contributed by atoms with Gasteiger partial charge in [0.1, 0.15) is 6.04 Å². The molecule has 0 saturated heterocycles. The highest BCUT2D eigenvalue weighted by Gasteiger charge is 2.27. The molecule has 1 unspecified atom stereocenters. The number of anilines is 1. The summed E-state index contributed by atoms with van der Waals surface area (Å²) < 4.78 is 0. The SMILES string of the molecule is CN1C(=O)Cc2cc(C(C(N)=O)N(C)C)ccc21. The van der Waals surface area contributed by atoms with Gasteiger partial charge in [0.05, 0.1) is 6.42 Å². The van der Waals surface area contributed by atoms with Gasteiger partial charge in [-0.05, 0) is 31.3 Å². The third-order valence-corrected chi connectivity index (χ3v) is 3.28. The van der Waals surface area contributed by atoms with Crippen LogP contribution >= 0.6 is 0 Å². The van der Waals surface area contributed by atoms with Gasteiger partial charge in [-0.3, -0.25) is 14.5 Å². The summed E-state index contributed by atoms with van der Waals surface area (Å²) in [4.78, 5) is 26.5. The highest BCUT2D eigenvalue weighted by atomic mass is 16.2. The summed E-state index contributed by atoms with van der Waals surface area (Å²) >= 11 is 0. The molecule has 0 spiro atoms. The molecule has 1 aromatic carbocycles. The van der Waals surface area contributed by atoms with Crippen LogP contribution in [-0.4, -0.2) is 37.9 Å². The van der Waals surface area contributed by atoms with Gasteiger partial charge in [-0.25, -0.2) is 0 Å². The molecule has 5 nitrogen and oxygen atoms in total. The minimum absolute atomic E-state index is 0.0719. The van der Waals surface area contributed by atoms with Crippen LogP contribution in [0, 0.1) is 0 Å². The van der Waals surface area contributed by atoms with Crippen LogP contribution in [0.1, 0.15) is 17.2 Å². The maximum Gasteiger partial charge on any atom is 0.239 e. The van der Waals surface area contributed by atoms with Crippen molar-refractivity contribution in [3.8, 4) is 0 Å². The molecule has 2 rings (SSSR count). The van der Waals surface area contributed by atoms with Gasteiger partial charge in [0.15, 0.2) is 0 Å². The molecule has 1 aliphatic heterocycles. The Bertz CT molecular complexity index is 511. The third-order valence-electron chi connectivity index (χ3n) is 3.28. The third kappa shape index (κ3) is 1.97. The highest BCUT2D eigenvalue weighted by Crippen LogP contribution is 2.31. The first kappa shape index (κ1) is 12.6. The van der Waals surface area contributed by atoms with E-state index in [0.717, 1.165) is 16.8 Å². The Morgan fingerprint density at radius 3 is 2.67 bits per heavy atom. The van der Waals surface area contributed by atoms with Crippen molar-refractivity contribution in [2.45, 2.75) is 12.5 Å². The summed E-state index contributed by atoms with van der Waals surface area (Å²) in [5.74, 6) is -0.319. The second-order valence-corrected chi connectivity index (χ2v) is 4.79. The lowest BCUT2D eigenvalue weighted by Gasteiger charge is -2.22. The zero-order valence-corrected chi connectivity index (χ0v) is 10.8. The van der Waals surface area contributed by atoms with Gasteiger partial charge in [-0.1, -0.05) is 12.1 Å². The number of carbonyl (C=O) groups is 2. The fraction of sp³-hybridized carbons (Fsp3) is 0.385. The van der Waals surface area contributed by atoms with Crippen molar-refractivity contribution in [3.63, 3.8) is 0 Å². The van der Waals surface area contributed by atoms with E-state index in [9.17, 15) is 9.59 Å². The zero-order chi connectivity index (χ0) is 13.4. The fourth-order valence-electron chi connectivity index (χ4n) is 2.38. The minimum atomic E-state index is -0.462. The van der Waals surface area contributed by atoms with E-state index in [1.54, 1.807) is 30.9 Å².